The number of ether oxygens (including phenoxy) is 1. The first-order valence-electron chi connectivity index (χ1n) is 16.3. The number of rotatable bonds is 9. The van der Waals surface area contributed by atoms with Gasteiger partial charge in [0.15, 0.2) is 0 Å². The highest BCUT2D eigenvalue weighted by Crippen LogP contribution is 2.41. The number of fused-ring (bicyclic) bond motifs is 1. The van der Waals surface area contributed by atoms with E-state index in [-0.39, 0.29) is 55.6 Å². The first-order chi connectivity index (χ1) is 23.6. The van der Waals surface area contributed by atoms with E-state index in [2.05, 4.69) is 4.98 Å². The van der Waals surface area contributed by atoms with E-state index in [4.69, 9.17) is 16.3 Å². The third-order valence-corrected chi connectivity index (χ3v) is 10.6. The molecule has 1 fully saturated rings. The number of pyridine rings is 1. The molecular weight excluding hydrogens is 686 g/mol. The number of hydrogen-bond donors (Lipinski definition) is 1. The Labute approximate surface area is 299 Å². The van der Waals surface area contributed by atoms with Crippen LogP contribution in [0.25, 0.3) is 21.2 Å². The SMILES string of the molecule is COc1ccc(-c2ccnc(C(=O)N(C)C)c2)cc1CN(C(=O)c1sc2c(F)ccc(F)c2c1Cl)C1CCC(N(CC(C)(C)C)C(=O)O)CC1. The largest absolute Gasteiger partial charge is 0.496 e. The Kier molecular flexibility index (Phi) is 11.0. The van der Waals surface area contributed by atoms with Crippen molar-refractivity contribution in [3.63, 3.8) is 0 Å². The van der Waals surface area contributed by atoms with E-state index in [1.165, 1.54) is 16.9 Å². The molecule has 0 radical (unpaired) electrons. The number of carbonyl (C=O) groups is 3. The van der Waals surface area contributed by atoms with Crippen molar-refractivity contribution in [2.24, 2.45) is 5.41 Å². The summed E-state index contributed by atoms with van der Waals surface area (Å²) in [6, 6.07) is 10.4. The maximum absolute atomic E-state index is 14.9. The molecule has 0 bridgehead atoms. The second kappa shape index (κ2) is 14.9. The fourth-order valence-corrected chi connectivity index (χ4v) is 8.00. The van der Waals surface area contributed by atoms with Crippen molar-refractivity contribution in [2.75, 3.05) is 27.7 Å². The van der Waals surface area contributed by atoms with E-state index in [0.717, 1.165) is 34.6 Å². The van der Waals surface area contributed by atoms with Gasteiger partial charge in [-0.2, -0.15) is 0 Å². The molecule has 4 aromatic rings. The molecule has 0 atom stereocenters. The molecule has 50 heavy (non-hydrogen) atoms. The summed E-state index contributed by atoms with van der Waals surface area (Å²) >= 11 is 7.44. The highest BCUT2D eigenvalue weighted by atomic mass is 35.5. The van der Waals surface area contributed by atoms with Crippen molar-refractivity contribution >= 4 is 50.9 Å². The van der Waals surface area contributed by atoms with E-state index in [0.29, 0.717) is 43.5 Å². The van der Waals surface area contributed by atoms with Gasteiger partial charge in [-0.15, -0.1) is 11.3 Å². The van der Waals surface area contributed by atoms with Gasteiger partial charge in [0.1, 0.15) is 28.0 Å². The Morgan fingerprint density at radius 3 is 2.14 bits per heavy atom. The molecule has 0 saturated heterocycles. The smallest absolute Gasteiger partial charge is 0.407 e. The molecule has 3 amide bonds. The van der Waals surface area contributed by atoms with Gasteiger partial charge < -0.3 is 24.5 Å². The van der Waals surface area contributed by atoms with E-state index in [1.807, 2.05) is 32.9 Å². The van der Waals surface area contributed by atoms with Gasteiger partial charge in [0.2, 0.25) is 0 Å². The van der Waals surface area contributed by atoms with Crippen molar-refractivity contribution in [1.29, 1.82) is 0 Å². The van der Waals surface area contributed by atoms with Gasteiger partial charge in [-0.05, 0) is 78.6 Å². The first-order valence-corrected chi connectivity index (χ1v) is 17.5. The number of amides is 3. The third-order valence-electron chi connectivity index (χ3n) is 8.91. The van der Waals surface area contributed by atoms with Crippen LogP contribution in [0.2, 0.25) is 5.02 Å². The molecule has 0 aliphatic heterocycles. The molecule has 266 valence electrons. The molecule has 2 aromatic heterocycles. The number of methoxy groups -OCH3 is 1. The topological polar surface area (TPSA) is 103 Å². The number of nitrogens with zero attached hydrogens (tertiary/aromatic N) is 4. The molecule has 1 aliphatic carbocycles. The monoisotopic (exact) mass is 726 g/mol. The normalized spacial score (nSPS) is 16.3. The number of carbonyl (C=O) groups excluding carboxylic acids is 2. The molecule has 2 heterocycles. The molecule has 1 aliphatic rings. The van der Waals surface area contributed by atoms with E-state index >= 15 is 0 Å². The number of thiophene rings is 1. The lowest BCUT2D eigenvalue weighted by atomic mass is 9.87. The number of carboxylic acid groups (broad SMARTS) is 1. The molecule has 1 N–H and O–H groups in total. The zero-order chi connectivity index (χ0) is 36.5. The molecule has 0 unspecified atom stereocenters. The van der Waals surface area contributed by atoms with Crippen LogP contribution in [0.3, 0.4) is 0 Å². The lowest BCUT2D eigenvalue weighted by Crippen LogP contribution is -2.49. The lowest BCUT2D eigenvalue weighted by molar-refractivity contribution is 0.0492. The summed E-state index contributed by atoms with van der Waals surface area (Å²) in [5.41, 5.74) is 2.19. The molecule has 13 heteroatoms. The average molecular weight is 727 g/mol. The highest BCUT2D eigenvalue weighted by Gasteiger charge is 2.36. The van der Waals surface area contributed by atoms with Crippen LogP contribution in [0.15, 0.2) is 48.7 Å². The van der Waals surface area contributed by atoms with Gasteiger partial charge in [-0.1, -0.05) is 38.4 Å². The average Bonchev–Trinajstić information content (AvgIpc) is 3.44. The Morgan fingerprint density at radius 1 is 0.940 bits per heavy atom. The lowest BCUT2D eigenvalue weighted by Gasteiger charge is -2.41. The van der Waals surface area contributed by atoms with Crippen molar-refractivity contribution in [1.82, 2.24) is 19.7 Å². The molecule has 2 aromatic carbocycles. The van der Waals surface area contributed by atoms with Crippen LogP contribution < -0.4 is 4.74 Å². The third kappa shape index (κ3) is 7.86. The second-order valence-corrected chi connectivity index (χ2v) is 15.4. The molecule has 1 saturated carbocycles. The summed E-state index contributed by atoms with van der Waals surface area (Å²) in [7, 11) is 4.83. The number of aromatic nitrogens is 1. The molecule has 0 spiro atoms. The Hall–Kier alpha value is -4.29. The van der Waals surface area contributed by atoms with Gasteiger partial charge in [-0.25, -0.2) is 13.6 Å². The van der Waals surface area contributed by atoms with Crippen LogP contribution in [0.1, 0.15) is 72.2 Å². The van der Waals surface area contributed by atoms with E-state index in [9.17, 15) is 28.3 Å². The predicted octanol–water partition coefficient (Wildman–Crippen LogP) is 8.59. The minimum Gasteiger partial charge on any atom is -0.496 e. The summed E-state index contributed by atoms with van der Waals surface area (Å²) in [6.07, 6.45) is 2.63. The van der Waals surface area contributed by atoms with Crippen molar-refractivity contribution in [3.05, 3.63) is 81.5 Å². The van der Waals surface area contributed by atoms with Crippen molar-refractivity contribution < 1.29 is 33.0 Å². The minimum absolute atomic E-state index is 0.0174. The van der Waals surface area contributed by atoms with Gasteiger partial charge in [0.25, 0.3) is 11.8 Å². The summed E-state index contributed by atoms with van der Waals surface area (Å²) < 4.78 is 35.4. The van der Waals surface area contributed by atoms with Crippen LogP contribution in [0, 0.1) is 17.0 Å². The maximum atomic E-state index is 14.9. The Bertz CT molecular complexity index is 1920. The zero-order valence-electron chi connectivity index (χ0n) is 28.9. The molecule has 9 nitrogen and oxygen atoms in total. The standard InChI is InChI=1S/C37H41ClF2N4O5S/c1-37(2,3)20-44(36(47)48)25-10-8-24(9-11-25)43(35(46)33-31(38)30-26(39)12-13-27(40)32(30)50-33)19-23-17-21(7-14-29(23)49-6)22-15-16-41-28(18-22)34(45)42(4)5/h7,12-18,24-25H,8-11,19-20H2,1-6H3,(H,47,48). The van der Waals surface area contributed by atoms with Crippen LogP contribution >= 0.6 is 22.9 Å². The van der Waals surface area contributed by atoms with Crippen molar-refractivity contribution in [2.45, 2.75) is 65.1 Å². The maximum Gasteiger partial charge on any atom is 0.407 e. The van der Waals surface area contributed by atoms with E-state index < -0.39 is 23.6 Å². The van der Waals surface area contributed by atoms with Crippen LogP contribution in [0.4, 0.5) is 13.6 Å². The van der Waals surface area contributed by atoms with Crippen LogP contribution in [-0.2, 0) is 6.54 Å². The summed E-state index contributed by atoms with van der Waals surface area (Å²) in [6.45, 7) is 6.41. The van der Waals surface area contributed by atoms with Crippen LogP contribution in [-0.4, -0.2) is 82.5 Å². The summed E-state index contributed by atoms with van der Waals surface area (Å²) in [5, 5.41) is 9.75. The number of halogens is 3. The molecule has 5 rings (SSSR count). The Balaban J connectivity index is 1.53. The van der Waals surface area contributed by atoms with Gasteiger partial charge in [0.05, 0.1) is 22.2 Å². The minimum atomic E-state index is -0.981. The summed E-state index contributed by atoms with van der Waals surface area (Å²) in [5.74, 6) is -1.62. The number of hydrogen-bond acceptors (Lipinski definition) is 6. The zero-order valence-corrected chi connectivity index (χ0v) is 30.5. The van der Waals surface area contributed by atoms with Gasteiger partial charge >= 0.3 is 6.09 Å². The fraction of sp³-hybridized carbons (Fsp3) is 0.405. The Morgan fingerprint density at radius 2 is 1.56 bits per heavy atom. The molecular formula is C37H41ClF2N4O5S. The first kappa shape index (κ1) is 37.0. The second-order valence-electron chi connectivity index (χ2n) is 14.0. The number of benzene rings is 2. The van der Waals surface area contributed by atoms with E-state index in [1.54, 1.807) is 43.4 Å². The predicted molar refractivity (Wildman–Crippen MR) is 191 cm³/mol. The van der Waals surface area contributed by atoms with Crippen molar-refractivity contribution in [3.8, 4) is 16.9 Å². The fourth-order valence-electron chi connectivity index (χ4n) is 6.50. The summed E-state index contributed by atoms with van der Waals surface area (Å²) in [4.78, 5) is 48.3. The van der Waals surface area contributed by atoms with Crippen LogP contribution in [0.5, 0.6) is 5.75 Å². The van der Waals surface area contributed by atoms with Gasteiger partial charge in [0, 0.05) is 51.0 Å². The highest BCUT2D eigenvalue weighted by molar-refractivity contribution is 7.21. The van der Waals surface area contributed by atoms with Gasteiger partial charge in [-0.3, -0.25) is 14.6 Å². The quantitative estimate of drug-likeness (QED) is 0.185.